The van der Waals surface area contributed by atoms with Gasteiger partial charge in [0.05, 0.1) is 69.5 Å². The topological polar surface area (TPSA) is 146 Å². The molecule has 14 heteroatoms. The van der Waals surface area contributed by atoms with Crippen LogP contribution < -0.4 is 14.7 Å². The summed E-state index contributed by atoms with van der Waals surface area (Å²) in [5.74, 6) is -1.34. The van der Waals surface area contributed by atoms with Gasteiger partial charge in [0.15, 0.2) is 0 Å². The second-order valence-electron chi connectivity index (χ2n) is 14.8. The van der Waals surface area contributed by atoms with Crippen molar-refractivity contribution in [3.8, 4) is 0 Å². The van der Waals surface area contributed by atoms with Crippen LogP contribution in [0.5, 0.6) is 0 Å². The minimum absolute atomic E-state index is 0.0264. The Morgan fingerprint density at radius 1 is 0.448 bits per heavy atom. The number of ether oxygens (including phenoxy) is 7. The molecule has 0 fully saturated rings. The fraction of sp³-hybridized carbons (Fsp3) is 0.523. The van der Waals surface area contributed by atoms with Crippen LogP contribution in [0.2, 0.25) is 0 Å². The number of esters is 3. The van der Waals surface area contributed by atoms with Gasteiger partial charge in [0, 0.05) is 64.8 Å². The summed E-state index contributed by atoms with van der Waals surface area (Å²) < 4.78 is 40.1. The number of rotatable bonds is 27. The highest BCUT2D eigenvalue weighted by Gasteiger charge is 2.33. The molecule has 0 saturated carbocycles. The predicted molar refractivity (Wildman–Crippen MR) is 224 cm³/mol. The van der Waals surface area contributed by atoms with Crippen molar-refractivity contribution in [3.05, 3.63) is 89.5 Å². The van der Waals surface area contributed by atoms with E-state index < -0.39 is 28.9 Å². The van der Waals surface area contributed by atoms with Crippen LogP contribution in [0.1, 0.15) is 57.8 Å². The lowest BCUT2D eigenvalue weighted by Gasteiger charge is -2.34. The summed E-state index contributed by atoms with van der Waals surface area (Å²) in [5.41, 5.74) is 2.30. The predicted octanol–water partition coefficient (Wildman–Crippen LogP) is 5.36. The zero-order valence-corrected chi connectivity index (χ0v) is 35.5. The number of aliphatic hydroxyl groups is 1. The molecule has 320 valence electrons. The maximum atomic E-state index is 12.6. The van der Waals surface area contributed by atoms with E-state index in [9.17, 15) is 19.5 Å². The van der Waals surface area contributed by atoms with Crippen molar-refractivity contribution < 1.29 is 52.6 Å². The molecule has 0 heterocycles. The van der Waals surface area contributed by atoms with Crippen LogP contribution in [0.4, 0.5) is 17.1 Å². The van der Waals surface area contributed by atoms with Gasteiger partial charge < -0.3 is 53.0 Å². The van der Waals surface area contributed by atoms with E-state index in [1.807, 2.05) is 107 Å². The lowest BCUT2D eigenvalue weighted by molar-refractivity contribution is -0.130. The lowest BCUT2D eigenvalue weighted by atomic mass is 9.88. The highest BCUT2D eigenvalue weighted by molar-refractivity contribution is 5.91. The molecule has 3 aromatic carbocycles. The second kappa shape index (κ2) is 24.3. The standard InChI is InChI=1S/C44H63N3O11/c1-9-43(29-52-23-26-56-40(48)34-11-17-37(18-12-34)45(3)4,30-53-24-27-57-41(49)35-13-19-38(20-14-35)46(5)6)31-55-33-44(51,10-2)32-54-25-28-58-42(50)36-15-21-39(22-16-36)47(7)8/h11-22,51H,9-10,23-33H2,1-8H3. The van der Waals surface area contributed by atoms with Gasteiger partial charge in [-0.25, -0.2) is 14.4 Å². The zero-order chi connectivity index (χ0) is 42.6. The van der Waals surface area contributed by atoms with Crippen LogP contribution >= 0.6 is 0 Å². The first kappa shape index (κ1) is 47.6. The van der Waals surface area contributed by atoms with Crippen molar-refractivity contribution in [1.29, 1.82) is 0 Å². The third-order valence-corrected chi connectivity index (χ3v) is 9.62. The third-order valence-electron chi connectivity index (χ3n) is 9.62. The van der Waals surface area contributed by atoms with Crippen molar-refractivity contribution in [2.45, 2.75) is 32.3 Å². The van der Waals surface area contributed by atoms with Crippen LogP contribution in [0.15, 0.2) is 72.8 Å². The molecular formula is C44H63N3O11. The minimum Gasteiger partial charge on any atom is -0.460 e. The summed E-state index contributed by atoms with van der Waals surface area (Å²) in [6.45, 7) is 4.86. The van der Waals surface area contributed by atoms with Crippen LogP contribution in [0.25, 0.3) is 0 Å². The van der Waals surface area contributed by atoms with Gasteiger partial charge in [-0.15, -0.1) is 0 Å². The molecule has 0 aliphatic carbocycles. The fourth-order valence-corrected chi connectivity index (χ4v) is 5.49. The summed E-state index contributed by atoms with van der Waals surface area (Å²) in [7, 11) is 11.5. The maximum Gasteiger partial charge on any atom is 0.338 e. The van der Waals surface area contributed by atoms with E-state index in [0.29, 0.717) is 29.5 Å². The summed E-state index contributed by atoms with van der Waals surface area (Å²) in [6, 6.07) is 21.4. The van der Waals surface area contributed by atoms with Crippen LogP contribution in [-0.2, 0) is 33.2 Å². The molecule has 0 saturated heterocycles. The number of carbonyl (C=O) groups is 3. The maximum absolute atomic E-state index is 12.6. The first-order valence-electron chi connectivity index (χ1n) is 19.6. The summed E-state index contributed by atoms with van der Waals surface area (Å²) >= 11 is 0. The van der Waals surface area contributed by atoms with Gasteiger partial charge in [-0.1, -0.05) is 13.8 Å². The van der Waals surface area contributed by atoms with E-state index in [-0.39, 0.29) is 72.7 Å². The largest absolute Gasteiger partial charge is 0.460 e. The van der Waals surface area contributed by atoms with E-state index in [1.54, 1.807) is 36.4 Å². The molecule has 0 aromatic heterocycles. The Morgan fingerprint density at radius 2 is 0.741 bits per heavy atom. The van der Waals surface area contributed by atoms with Crippen molar-refractivity contribution in [2.24, 2.45) is 5.41 Å². The van der Waals surface area contributed by atoms with E-state index >= 15 is 0 Å². The number of nitrogens with zero attached hydrogens (tertiary/aromatic N) is 3. The molecule has 14 nitrogen and oxygen atoms in total. The van der Waals surface area contributed by atoms with Gasteiger partial charge in [0.2, 0.25) is 0 Å². The Hall–Kier alpha value is -4.73. The molecule has 3 aromatic rings. The van der Waals surface area contributed by atoms with Gasteiger partial charge in [-0.2, -0.15) is 0 Å². The number of benzene rings is 3. The van der Waals surface area contributed by atoms with Gasteiger partial charge in [0.1, 0.15) is 25.4 Å². The molecule has 1 N–H and O–H groups in total. The molecule has 0 aliphatic heterocycles. The Balaban J connectivity index is 1.50. The Kier molecular flexibility index (Phi) is 19.9. The van der Waals surface area contributed by atoms with Crippen molar-refractivity contribution >= 4 is 35.0 Å². The SMILES string of the molecule is CCC(O)(COCCOC(=O)c1ccc(N(C)C)cc1)COCC(CC)(COCCOC(=O)c1ccc(N(C)C)cc1)COCCOC(=O)c1ccc(N(C)C)cc1. The highest BCUT2D eigenvalue weighted by Crippen LogP contribution is 2.26. The van der Waals surface area contributed by atoms with Crippen LogP contribution in [0.3, 0.4) is 0 Å². The smallest absolute Gasteiger partial charge is 0.338 e. The zero-order valence-electron chi connectivity index (χ0n) is 35.5. The van der Waals surface area contributed by atoms with E-state index in [2.05, 4.69) is 0 Å². The molecule has 1 unspecified atom stereocenters. The first-order chi connectivity index (χ1) is 27.7. The van der Waals surface area contributed by atoms with Crippen molar-refractivity contribution in [1.82, 2.24) is 0 Å². The second-order valence-corrected chi connectivity index (χ2v) is 14.8. The highest BCUT2D eigenvalue weighted by atomic mass is 16.6. The molecule has 58 heavy (non-hydrogen) atoms. The minimum atomic E-state index is -1.30. The molecule has 0 amide bonds. The molecule has 0 bridgehead atoms. The average Bonchev–Trinajstić information content (AvgIpc) is 3.22. The monoisotopic (exact) mass is 809 g/mol. The fourth-order valence-electron chi connectivity index (χ4n) is 5.49. The molecular weight excluding hydrogens is 746 g/mol. The number of hydrogen-bond acceptors (Lipinski definition) is 14. The number of hydrogen-bond donors (Lipinski definition) is 1. The molecule has 3 rings (SSSR count). The van der Waals surface area contributed by atoms with Crippen molar-refractivity contribution in [2.75, 3.05) is 130 Å². The van der Waals surface area contributed by atoms with Crippen LogP contribution in [0, 0.1) is 5.41 Å². The van der Waals surface area contributed by atoms with Crippen molar-refractivity contribution in [3.63, 3.8) is 0 Å². The summed E-state index contributed by atoms with van der Waals surface area (Å²) in [6.07, 6.45) is 0.941. The van der Waals surface area contributed by atoms with E-state index in [0.717, 1.165) is 17.1 Å². The Bertz CT molecular complexity index is 1590. The van der Waals surface area contributed by atoms with Gasteiger partial charge in [-0.05, 0) is 85.6 Å². The Morgan fingerprint density at radius 3 is 1.03 bits per heavy atom. The summed E-state index contributed by atoms with van der Waals surface area (Å²) in [5, 5.41) is 11.3. The molecule has 0 spiro atoms. The number of carbonyl (C=O) groups excluding carboxylic acids is 3. The van der Waals surface area contributed by atoms with Gasteiger partial charge in [0.25, 0.3) is 0 Å². The molecule has 0 radical (unpaired) electrons. The third kappa shape index (κ3) is 15.9. The first-order valence-corrected chi connectivity index (χ1v) is 19.6. The van der Waals surface area contributed by atoms with Gasteiger partial charge >= 0.3 is 17.9 Å². The van der Waals surface area contributed by atoms with E-state index in [4.69, 9.17) is 33.2 Å². The normalized spacial score (nSPS) is 12.4. The van der Waals surface area contributed by atoms with Gasteiger partial charge in [-0.3, -0.25) is 0 Å². The Labute approximate surface area is 343 Å². The molecule has 1 atom stereocenters. The van der Waals surface area contributed by atoms with E-state index in [1.165, 1.54) is 0 Å². The average molecular weight is 810 g/mol. The quantitative estimate of drug-likeness (QED) is 0.0599. The number of anilines is 3. The summed E-state index contributed by atoms with van der Waals surface area (Å²) in [4.78, 5) is 43.4. The van der Waals surface area contributed by atoms with Crippen LogP contribution in [-0.4, -0.2) is 144 Å². The molecule has 0 aliphatic rings. The lowest BCUT2D eigenvalue weighted by Crippen LogP contribution is -2.43.